The van der Waals surface area contributed by atoms with Crippen LogP contribution in [0.15, 0.2) is 24.3 Å². The summed E-state index contributed by atoms with van der Waals surface area (Å²) < 4.78 is 57.3. The first-order chi connectivity index (χ1) is 13.5. The maximum Gasteiger partial charge on any atom is 0.133 e. The second kappa shape index (κ2) is 7.73. The molecule has 0 atom stereocenters. The van der Waals surface area contributed by atoms with Crippen molar-refractivity contribution in [1.82, 2.24) is 0 Å². The van der Waals surface area contributed by atoms with Crippen LogP contribution in [0.5, 0.6) is 0 Å². The number of hydrogen-bond donors (Lipinski definition) is 0. The molecule has 0 amide bonds. The Morgan fingerprint density at radius 2 is 1.50 bits per heavy atom. The Bertz CT molecular complexity index is 897. The van der Waals surface area contributed by atoms with Gasteiger partial charge in [0.2, 0.25) is 0 Å². The highest BCUT2D eigenvalue weighted by molar-refractivity contribution is 5.85. The molecule has 148 valence electrons. The highest BCUT2D eigenvalue weighted by atomic mass is 19.1. The molecule has 0 heterocycles. The predicted octanol–water partition coefficient (Wildman–Crippen LogP) is 7.41. The standard InChI is InChI=1S/C24H24F4/c1-2-14-3-5-15(6-4-14)17-11-22(27)24(23(28)12-17)16-7-8-20-18(9-16)10-19(25)13-21(20)26/h9-15H,2-8H2,1H3. The van der Waals surface area contributed by atoms with Gasteiger partial charge in [-0.15, -0.1) is 0 Å². The van der Waals surface area contributed by atoms with Gasteiger partial charge in [-0.25, -0.2) is 17.6 Å². The fraction of sp³-hybridized carbons (Fsp3) is 0.417. The largest absolute Gasteiger partial charge is 0.207 e. The zero-order chi connectivity index (χ0) is 19.8. The minimum absolute atomic E-state index is 0.0682. The Morgan fingerprint density at radius 3 is 2.14 bits per heavy atom. The Labute approximate surface area is 163 Å². The van der Waals surface area contributed by atoms with E-state index in [4.69, 9.17) is 0 Å². The minimum Gasteiger partial charge on any atom is -0.207 e. The van der Waals surface area contributed by atoms with Crippen LogP contribution < -0.4 is 0 Å². The van der Waals surface area contributed by atoms with E-state index >= 15 is 0 Å². The quantitative estimate of drug-likeness (QED) is 0.480. The van der Waals surface area contributed by atoms with E-state index in [1.165, 1.54) is 24.3 Å². The van der Waals surface area contributed by atoms with Gasteiger partial charge >= 0.3 is 0 Å². The lowest BCUT2D eigenvalue weighted by Gasteiger charge is -2.28. The van der Waals surface area contributed by atoms with Crippen LogP contribution in [0.25, 0.3) is 11.6 Å². The first kappa shape index (κ1) is 19.2. The summed E-state index contributed by atoms with van der Waals surface area (Å²) in [7, 11) is 0. The van der Waals surface area contributed by atoms with Gasteiger partial charge in [-0.1, -0.05) is 19.4 Å². The van der Waals surface area contributed by atoms with E-state index in [1.54, 1.807) is 0 Å². The molecule has 0 radical (unpaired) electrons. The Balaban J connectivity index is 1.65. The van der Waals surface area contributed by atoms with E-state index in [1.807, 2.05) is 0 Å². The number of fused-ring (bicyclic) bond motifs is 1. The maximum absolute atomic E-state index is 14.9. The molecule has 4 heteroatoms. The van der Waals surface area contributed by atoms with Crippen molar-refractivity contribution in [3.63, 3.8) is 0 Å². The van der Waals surface area contributed by atoms with E-state index in [2.05, 4.69) is 6.92 Å². The Morgan fingerprint density at radius 1 is 0.821 bits per heavy atom. The third-order valence-corrected chi connectivity index (χ3v) is 6.45. The lowest BCUT2D eigenvalue weighted by Crippen LogP contribution is -2.13. The summed E-state index contributed by atoms with van der Waals surface area (Å²) in [4.78, 5) is 0. The monoisotopic (exact) mass is 388 g/mol. The molecule has 2 aromatic carbocycles. The molecular formula is C24H24F4. The van der Waals surface area contributed by atoms with E-state index in [0.29, 0.717) is 29.5 Å². The molecule has 0 unspecified atom stereocenters. The van der Waals surface area contributed by atoms with Gasteiger partial charge in [0, 0.05) is 11.6 Å². The van der Waals surface area contributed by atoms with Crippen LogP contribution in [0.2, 0.25) is 0 Å². The molecule has 0 spiro atoms. The fourth-order valence-corrected chi connectivity index (χ4v) is 4.77. The third-order valence-electron chi connectivity index (χ3n) is 6.45. The van der Waals surface area contributed by atoms with Crippen LogP contribution in [0.4, 0.5) is 17.6 Å². The molecule has 28 heavy (non-hydrogen) atoms. The van der Waals surface area contributed by atoms with Crippen molar-refractivity contribution < 1.29 is 17.6 Å². The van der Waals surface area contributed by atoms with E-state index in [-0.39, 0.29) is 11.5 Å². The first-order valence-corrected chi connectivity index (χ1v) is 10.1. The molecule has 2 aliphatic carbocycles. The summed E-state index contributed by atoms with van der Waals surface area (Å²) in [5.74, 6) is -1.54. The van der Waals surface area contributed by atoms with Gasteiger partial charge in [-0.3, -0.25) is 0 Å². The van der Waals surface area contributed by atoms with Gasteiger partial charge in [-0.2, -0.15) is 0 Å². The number of benzene rings is 2. The van der Waals surface area contributed by atoms with Gasteiger partial charge in [-0.05, 0) is 90.8 Å². The lowest BCUT2D eigenvalue weighted by atomic mass is 9.77. The second-order valence-electron chi connectivity index (χ2n) is 8.11. The lowest BCUT2D eigenvalue weighted by molar-refractivity contribution is 0.318. The topological polar surface area (TPSA) is 0 Å². The summed E-state index contributed by atoms with van der Waals surface area (Å²) in [5.41, 5.74) is 1.87. The maximum atomic E-state index is 14.9. The Hall–Kier alpha value is -2.10. The zero-order valence-electron chi connectivity index (χ0n) is 16.0. The molecule has 0 aromatic heterocycles. The van der Waals surface area contributed by atoms with Crippen LogP contribution in [0, 0.1) is 29.2 Å². The molecule has 0 bridgehead atoms. The molecule has 2 aromatic rings. The van der Waals surface area contributed by atoms with E-state index in [0.717, 1.165) is 49.7 Å². The summed E-state index contributed by atoms with van der Waals surface area (Å²) in [6.07, 6.45) is 7.43. The molecule has 1 saturated carbocycles. The van der Waals surface area contributed by atoms with Gasteiger partial charge in [0.05, 0.1) is 0 Å². The molecule has 1 fully saturated rings. The zero-order valence-corrected chi connectivity index (χ0v) is 16.0. The van der Waals surface area contributed by atoms with E-state index < -0.39 is 23.3 Å². The van der Waals surface area contributed by atoms with Gasteiger partial charge in [0.25, 0.3) is 0 Å². The fourth-order valence-electron chi connectivity index (χ4n) is 4.77. The molecule has 0 N–H and O–H groups in total. The SMILES string of the molecule is CCC1CCC(c2cc(F)c(C3=Cc4cc(F)cc(F)c4CC3)c(F)c2)CC1. The summed E-state index contributed by atoms with van der Waals surface area (Å²) in [6, 6.07) is 4.98. The predicted molar refractivity (Wildman–Crippen MR) is 104 cm³/mol. The number of allylic oxidation sites excluding steroid dienone is 1. The number of halogens is 4. The second-order valence-corrected chi connectivity index (χ2v) is 8.11. The summed E-state index contributed by atoms with van der Waals surface area (Å²) >= 11 is 0. The number of hydrogen-bond acceptors (Lipinski definition) is 0. The molecule has 4 rings (SSSR count). The van der Waals surface area contributed by atoms with Gasteiger partial charge in [0.1, 0.15) is 23.3 Å². The van der Waals surface area contributed by atoms with Crippen LogP contribution in [-0.2, 0) is 6.42 Å². The van der Waals surface area contributed by atoms with E-state index in [9.17, 15) is 17.6 Å². The minimum atomic E-state index is -0.687. The van der Waals surface area contributed by atoms with Crippen LogP contribution >= 0.6 is 0 Å². The first-order valence-electron chi connectivity index (χ1n) is 10.1. The average molecular weight is 388 g/mol. The molecular weight excluding hydrogens is 364 g/mol. The van der Waals surface area contributed by atoms with Crippen molar-refractivity contribution in [3.05, 3.63) is 69.8 Å². The molecule has 0 saturated heterocycles. The highest BCUT2D eigenvalue weighted by Crippen LogP contribution is 2.40. The van der Waals surface area contributed by atoms with Crippen LogP contribution in [0.1, 0.15) is 73.6 Å². The molecule has 0 nitrogen and oxygen atoms in total. The van der Waals surface area contributed by atoms with Crippen molar-refractivity contribution in [2.45, 2.75) is 57.8 Å². The molecule has 2 aliphatic rings. The normalized spacial score (nSPS) is 22.0. The van der Waals surface area contributed by atoms with Crippen LogP contribution in [0.3, 0.4) is 0 Å². The van der Waals surface area contributed by atoms with Crippen molar-refractivity contribution >= 4 is 11.6 Å². The third kappa shape index (κ3) is 3.61. The Kier molecular flexibility index (Phi) is 5.31. The summed E-state index contributed by atoms with van der Waals surface area (Å²) in [5, 5.41) is 0. The van der Waals surface area contributed by atoms with Gasteiger partial charge < -0.3 is 0 Å². The van der Waals surface area contributed by atoms with Crippen LogP contribution in [-0.4, -0.2) is 0 Å². The van der Waals surface area contributed by atoms with Crippen molar-refractivity contribution in [2.24, 2.45) is 5.92 Å². The van der Waals surface area contributed by atoms with Crippen molar-refractivity contribution in [2.75, 3.05) is 0 Å². The number of rotatable bonds is 3. The van der Waals surface area contributed by atoms with Crippen molar-refractivity contribution in [3.8, 4) is 0 Å². The average Bonchev–Trinajstić information content (AvgIpc) is 2.67. The smallest absolute Gasteiger partial charge is 0.133 e. The molecule has 0 aliphatic heterocycles. The van der Waals surface area contributed by atoms with Crippen molar-refractivity contribution in [1.29, 1.82) is 0 Å². The highest BCUT2D eigenvalue weighted by Gasteiger charge is 2.25. The summed E-state index contributed by atoms with van der Waals surface area (Å²) in [6.45, 7) is 2.19. The van der Waals surface area contributed by atoms with Gasteiger partial charge in [0.15, 0.2) is 0 Å².